The van der Waals surface area contributed by atoms with Crippen LogP contribution in [0.25, 0.3) is 0 Å². The van der Waals surface area contributed by atoms with Crippen molar-refractivity contribution in [2.45, 2.75) is 19.4 Å². The molecule has 0 radical (unpaired) electrons. The second-order valence-corrected chi connectivity index (χ2v) is 3.83. The van der Waals surface area contributed by atoms with Gasteiger partial charge in [-0.15, -0.1) is 6.58 Å². The summed E-state index contributed by atoms with van der Waals surface area (Å²) in [5.74, 6) is -0.923. The highest BCUT2D eigenvalue weighted by atomic mass is 16.2. The van der Waals surface area contributed by atoms with Crippen LogP contribution in [-0.2, 0) is 4.79 Å². The Hall–Kier alpha value is -2.17. The van der Waals surface area contributed by atoms with Crippen LogP contribution in [0.2, 0.25) is 0 Å². The molecule has 1 heterocycles. The van der Waals surface area contributed by atoms with Crippen LogP contribution in [0.15, 0.2) is 36.7 Å². The summed E-state index contributed by atoms with van der Waals surface area (Å²) in [5, 5.41) is 2.56. The van der Waals surface area contributed by atoms with Crippen LogP contribution in [0.3, 0.4) is 0 Å². The Bertz CT molecular complexity index is 429. The lowest BCUT2D eigenvalue weighted by Crippen LogP contribution is -2.44. The van der Waals surface area contributed by atoms with Gasteiger partial charge in [-0.1, -0.05) is 5.57 Å². The molecule has 3 N–H and O–H groups in total. The predicted molar refractivity (Wildman–Crippen MR) is 64.1 cm³/mol. The molecule has 0 bridgehead atoms. The highest BCUT2D eigenvalue weighted by Crippen LogP contribution is 2.03. The smallest absolute Gasteiger partial charge is 0.252 e. The number of carbonyl (C=O) groups excluding carboxylic acids is 2. The molecule has 5 heteroatoms. The van der Waals surface area contributed by atoms with Gasteiger partial charge in [-0.05, 0) is 25.5 Å². The van der Waals surface area contributed by atoms with Crippen LogP contribution in [0.1, 0.15) is 23.7 Å². The van der Waals surface area contributed by atoms with Gasteiger partial charge in [0, 0.05) is 18.0 Å². The van der Waals surface area contributed by atoms with Gasteiger partial charge >= 0.3 is 0 Å². The van der Waals surface area contributed by atoms with E-state index in [9.17, 15) is 9.59 Å². The standard InChI is InChI=1S/C12H15N3O2/c1-8(2)7-10(11(13)16)15-12(17)9-3-5-14-6-4-9/h3-6,10H,1,7H2,2H3,(H2,13,16)(H,15,17)/t10-/m0/s1. The molecule has 0 aliphatic carbocycles. The molecule has 0 aromatic carbocycles. The maximum absolute atomic E-state index is 11.8. The third-order valence-corrected chi connectivity index (χ3v) is 2.14. The molecule has 0 spiro atoms. The molecular weight excluding hydrogens is 218 g/mol. The molecule has 2 amide bonds. The van der Waals surface area contributed by atoms with Crippen molar-refractivity contribution < 1.29 is 9.59 Å². The van der Waals surface area contributed by atoms with E-state index in [0.717, 1.165) is 5.57 Å². The number of aromatic nitrogens is 1. The summed E-state index contributed by atoms with van der Waals surface area (Å²) >= 11 is 0. The quantitative estimate of drug-likeness (QED) is 0.731. The zero-order valence-electron chi connectivity index (χ0n) is 9.64. The predicted octanol–water partition coefficient (Wildman–Crippen LogP) is 0.631. The van der Waals surface area contributed by atoms with Gasteiger partial charge in [-0.3, -0.25) is 14.6 Å². The van der Waals surface area contributed by atoms with E-state index in [4.69, 9.17) is 5.73 Å². The number of amides is 2. The van der Waals surface area contributed by atoms with Crippen molar-refractivity contribution in [3.05, 3.63) is 42.2 Å². The molecule has 0 aliphatic rings. The van der Waals surface area contributed by atoms with Crippen LogP contribution in [-0.4, -0.2) is 22.8 Å². The first kappa shape index (κ1) is 12.9. The van der Waals surface area contributed by atoms with Crippen molar-refractivity contribution in [2.24, 2.45) is 5.73 Å². The molecule has 1 aromatic rings. The van der Waals surface area contributed by atoms with E-state index in [1.165, 1.54) is 12.4 Å². The van der Waals surface area contributed by atoms with Crippen LogP contribution >= 0.6 is 0 Å². The largest absolute Gasteiger partial charge is 0.368 e. The third kappa shape index (κ3) is 4.06. The van der Waals surface area contributed by atoms with Gasteiger partial charge in [-0.25, -0.2) is 0 Å². The SMILES string of the molecule is C=C(C)C[C@H](NC(=O)c1ccncc1)C(N)=O. The fraction of sp³-hybridized carbons (Fsp3) is 0.250. The van der Waals surface area contributed by atoms with E-state index in [1.807, 2.05) is 0 Å². The van der Waals surface area contributed by atoms with Gasteiger partial charge in [-0.2, -0.15) is 0 Å². The van der Waals surface area contributed by atoms with Crippen molar-refractivity contribution in [1.29, 1.82) is 0 Å². The second-order valence-electron chi connectivity index (χ2n) is 3.83. The number of primary amides is 1. The molecule has 0 aliphatic heterocycles. The molecule has 1 atom stereocenters. The average Bonchev–Trinajstić information content (AvgIpc) is 2.28. The number of rotatable bonds is 5. The summed E-state index contributed by atoms with van der Waals surface area (Å²) in [6, 6.07) is 2.40. The number of carbonyl (C=O) groups is 2. The van der Waals surface area contributed by atoms with Gasteiger partial charge in [0.15, 0.2) is 0 Å². The first-order chi connectivity index (χ1) is 8.00. The minimum absolute atomic E-state index is 0.339. The number of hydrogen-bond acceptors (Lipinski definition) is 3. The number of nitrogens with one attached hydrogen (secondary N) is 1. The Labute approximate surface area is 99.7 Å². The second kappa shape index (κ2) is 5.79. The Balaban J connectivity index is 2.71. The van der Waals surface area contributed by atoms with Gasteiger partial charge in [0.2, 0.25) is 5.91 Å². The van der Waals surface area contributed by atoms with Crippen molar-refractivity contribution in [1.82, 2.24) is 10.3 Å². The number of hydrogen-bond donors (Lipinski definition) is 2. The summed E-state index contributed by atoms with van der Waals surface area (Å²) in [6.07, 6.45) is 3.35. The molecule has 1 aromatic heterocycles. The molecular formula is C12H15N3O2. The first-order valence-electron chi connectivity index (χ1n) is 5.15. The van der Waals surface area contributed by atoms with E-state index < -0.39 is 11.9 Å². The van der Waals surface area contributed by atoms with Crippen LogP contribution < -0.4 is 11.1 Å². The minimum atomic E-state index is -0.729. The molecule has 17 heavy (non-hydrogen) atoms. The lowest BCUT2D eigenvalue weighted by molar-refractivity contribution is -0.119. The van der Waals surface area contributed by atoms with Gasteiger partial charge in [0.05, 0.1) is 0 Å². The van der Waals surface area contributed by atoms with E-state index in [-0.39, 0.29) is 5.91 Å². The average molecular weight is 233 g/mol. The van der Waals surface area contributed by atoms with Crippen molar-refractivity contribution in [3.8, 4) is 0 Å². The monoisotopic (exact) mass is 233 g/mol. The van der Waals surface area contributed by atoms with E-state index in [2.05, 4.69) is 16.9 Å². The highest BCUT2D eigenvalue weighted by Gasteiger charge is 2.18. The lowest BCUT2D eigenvalue weighted by atomic mass is 10.1. The molecule has 1 rings (SSSR count). The highest BCUT2D eigenvalue weighted by molar-refractivity contribution is 5.97. The zero-order chi connectivity index (χ0) is 12.8. The summed E-state index contributed by atoms with van der Waals surface area (Å²) in [4.78, 5) is 26.7. The number of pyridine rings is 1. The van der Waals surface area contributed by atoms with Crippen molar-refractivity contribution >= 4 is 11.8 Å². The summed E-state index contributed by atoms with van der Waals surface area (Å²) in [5.41, 5.74) is 6.42. The number of nitrogens with two attached hydrogens (primary N) is 1. The van der Waals surface area contributed by atoms with Gasteiger partial charge in [0.1, 0.15) is 6.04 Å². The van der Waals surface area contributed by atoms with Crippen LogP contribution in [0, 0.1) is 0 Å². The van der Waals surface area contributed by atoms with Crippen molar-refractivity contribution in [2.75, 3.05) is 0 Å². The minimum Gasteiger partial charge on any atom is -0.368 e. The maximum Gasteiger partial charge on any atom is 0.252 e. The lowest BCUT2D eigenvalue weighted by Gasteiger charge is -2.15. The molecule has 0 saturated heterocycles. The van der Waals surface area contributed by atoms with Gasteiger partial charge < -0.3 is 11.1 Å². The number of nitrogens with zero attached hydrogens (tertiary/aromatic N) is 1. The molecule has 0 saturated carbocycles. The molecule has 90 valence electrons. The fourth-order valence-electron chi connectivity index (χ4n) is 1.32. The Kier molecular flexibility index (Phi) is 4.39. The summed E-state index contributed by atoms with van der Waals surface area (Å²) < 4.78 is 0. The van der Waals surface area contributed by atoms with Crippen LogP contribution in [0.4, 0.5) is 0 Å². The molecule has 0 unspecified atom stereocenters. The third-order valence-electron chi connectivity index (χ3n) is 2.14. The fourth-order valence-corrected chi connectivity index (χ4v) is 1.32. The van der Waals surface area contributed by atoms with Gasteiger partial charge in [0.25, 0.3) is 5.91 Å². The first-order valence-corrected chi connectivity index (χ1v) is 5.15. The topological polar surface area (TPSA) is 85.1 Å². The molecule has 5 nitrogen and oxygen atoms in total. The van der Waals surface area contributed by atoms with Crippen LogP contribution in [0.5, 0.6) is 0 Å². The Morgan fingerprint density at radius 2 is 2.06 bits per heavy atom. The Morgan fingerprint density at radius 1 is 1.47 bits per heavy atom. The normalized spacial score (nSPS) is 11.6. The Morgan fingerprint density at radius 3 is 2.53 bits per heavy atom. The maximum atomic E-state index is 11.8. The molecule has 0 fully saturated rings. The summed E-state index contributed by atoms with van der Waals surface area (Å²) in [7, 11) is 0. The van der Waals surface area contributed by atoms with E-state index >= 15 is 0 Å². The van der Waals surface area contributed by atoms with E-state index in [0.29, 0.717) is 12.0 Å². The summed E-state index contributed by atoms with van der Waals surface area (Å²) in [6.45, 7) is 5.46. The van der Waals surface area contributed by atoms with E-state index in [1.54, 1.807) is 19.1 Å². The van der Waals surface area contributed by atoms with Crippen molar-refractivity contribution in [3.63, 3.8) is 0 Å². The zero-order valence-corrected chi connectivity index (χ0v) is 9.64.